The Hall–Kier alpha value is -1.90. The molecule has 0 aliphatic heterocycles. The summed E-state index contributed by atoms with van der Waals surface area (Å²) in [6.45, 7) is 5.05. The molecule has 0 aliphatic carbocycles. The van der Waals surface area contributed by atoms with Gasteiger partial charge >= 0.3 is 0 Å². The number of halogens is 1. The van der Waals surface area contributed by atoms with Gasteiger partial charge in [-0.1, -0.05) is 37.2 Å². The van der Waals surface area contributed by atoms with Crippen molar-refractivity contribution in [2.24, 2.45) is 0 Å². The lowest BCUT2D eigenvalue weighted by Gasteiger charge is -2.08. The smallest absolute Gasteiger partial charge is 0.234 e. The summed E-state index contributed by atoms with van der Waals surface area (Å²) in [6.07, 6.45) is 3.54. The molecule has 0 saturated carbocycles. The number of carbonyl (C=O) groups excluding carboxylic acids is 1. The number of hydrogen-bond acceptors (Lipinski definition) is 6. The first kappa shape index (κ1) is 19.9. The molecular weight excluding hydrogens is 402 g/mol. The number of hydrogen-bond donors (Lipinski definition) is 1. The van der Waals surface area contributed by atoms with E-state index in [-0.39, 0.29) is 16.8 Å². The summed E-state index contributed by atoms with van der Waals surface area (Å²) in [5, 5.41) is 14.6. The van der Waals surface area contributed by atoms with Gasteiger partial charge in [-0.15, -0.1) is 21.5 Å². The number of anilines is 1. The van der Waals surface area contributed by atoms with Crippen LogP contribution < -0.4 is 5.32 Å². The molecule has 142 valence electrons. The molecule has 0 spiro atoms. The van der Waals surface area contributed by atoms with Gasteiger partial charge in [0, 0.05) is 28.6 Å². The van der Waals surface area contributed by atoms with Crippen LogP contribution in [0.1, 0.15) is 25.1 Å². The molecule has 0 radical (unpaired) electrons. The molecule has 3 rings (SSSR count). The Morgan fingerprint density at radius 1 is 1.37 bits per heavy atom. The zero-order valence-corrected chi connectivity index (χ0v) is 17.5. The lowest BCUT2D eigenvalue weighted by atomic mass is 10.2. The number of thioether (sulfide) groups is 1. The van der Waals surface area contributed by atoms with Gasteiger partial charge in [0.2, 0.25) is 5.91 Å². The van der Waals surface area contributed by atoms with Gasteiger partial charge in [-0.25, -0.2) is 4.98 Å². The van der Waals surface area contributed by atoms with Crippen LogP contribution in [0.3, 0.4) is 0 Å². The van der Waals surface area contributed by atoms with Crippen molar-refractivity contribution in [1.29, 1.82) is 0 Å². The van der Waals surface area contributed by atoms with Crippen molar-refractivity contribution in [3.8, 4) is 11.4 Å². The molecule has 1 amide bonds. The predicted octanol–water partition coefficient (Wildman–Crippen LogP) is 4.76. The van der Waals surface area contributed by atoms with E-state index in [0.717, 1.165) is 35.9 Å². The standard InChI is InChI=1S/C18H20ClN5OS2/c1-3-8-24-17(12-9-13(4-2)26-10-12)22-23-18(24)27-11-15(25)21-14-6-5-7-20-16(14)19/h5-7,9-10H,3-4,8,11H2,1-2H3,(H,21,25). The van der Waals surface area contributed by atoms with Gasteiger partial charge in [0.25, 0.3) is 0 Å². The van der Waals surface area contributed by atoms with Crippen LogP contribution in [-0.4, -0.2) is 31.4 Å². The minimum Gasteiger partial charge on any atom is -0.323 e. The van der Waals surface area contributed by atoms with Crippen molar-refractivity contribution in [3.05, 3.63) is 39.8 Å². The summed E-state index contributed by atoms with van der Waals surface area (Å²) in [6, 6.07) is 5.61. The Labute approximate surface area is 171 Å². The molecular formula is C18H20ClN5OS2. The third kappa shape index (κ3) is 4.88. The largest absolute Gasteiger partial charge is 0.323 e. The summed E-state index contributed by atoms with van der Waals surface area (Å²) in [7, 11) is 0. The molecule has 3 aromatic heterocycles. The lowest BCUT2D eigenvalue weighted by molar-refractivity contribution is -0.113. The quantitative estimate of drug-likeness (QED) is 0.419. The highest BCUT2D eigenvalue weighted by Crippen LogP contribution is 2.28. The number of rotatable bonds is 8. The van der Waals surface area contributed by atoms with Gasteiger partial charge < -0.3 is 9.88 Å². The van der Waals surface area contributed by atoms with E-state index in [0.29, 0.717) is 5.69 Å². The second kappa shape index (κ2) is 9.34. The summed E-state index contributed by atoms with van der Waals surface area (Å²) >= 11 is 9.08. The average molecular weight is 422 g/mol. The van der Waals surface area contributed by atoms with Gasteiger partial charge in [-0.2, -0.15) is 0 Å². The van der Waals surface area contributed by atoms with Gasteiger partial charge in [0.15, 0.2) is 16.1 Å². The number of nitrogens with one attached hydrogen (secondary N) is 1. The predicted molar refractivity (Wildman–Crippen MR) is 112 cm³/mol. The fraction of sp³-hybridized carbons (Fsp3) is 0.333. The van der Waals surface area contributed by atoms with Gasteiger partial charge in [0.05, 0.1) is 11.4 Å². The Balaban J connectivity index is 1.71. The highest BCUT2D eigenvalue weighted by molar-refractivity contribution is 7.99. The number of carbonyl (C=O) groups is 1. The van der Waals surface area contributed by atoms with E-state index in [9.17, 15) is 4.79 Å². The minimum atomic E-state index is -0.161. The average Bonchev–Trinajstić information content (AvgIpc) is 3.29. The topological polar surface area (TPSA) is 72.7 Å². The van der Waals surface area contributed by atoms with Crippen LogP contribution in [0.5, 0.6) is 0 Å². The highest BCUT2D eigenvalue weighted by Gasteiger charge is 2.16. The van der Waals surface area contributed by atoms with Crippen molar-refractivity contribution < 1.29 is 4.79 Å². The van der Waals surface area contributed by atoms with Crippen molar-refractivity contribution in [2.75, 3.05) is 11.1 Å². The van der Waals surface area contributed by atoms with Gasteiger partial charge in [-0.05, 0) is 31.0 Å². The maximum atomic E-state index is 12.3. The van der Waals surface area contributed by atoms with Crippen molar-refractivity contribution >= 4 is 46.3 Å². The fourth-order valence-electron chi connectivity index (χ4n) is 2.51. The Morgan fingerprint density at radius 3 is 2.93 bits per heavy atom. The molecule has 6 nitrogen and oxygen atoms in total. The number of aryl methyl sites for hydroxylation is 1. The third-order valence-electron chi connectivity index (χ3n) is 3.79. The molecule has 0 atom stereocenters. The first-order valence-corrected chi connectivity index (χ1v) is 10.9. The second-order valence-corrected chi connectivity index (χ2v) is 8.09. The Morgan fingerprint density at radius 2 is 2.22 bits per heavy atom. The van der Waals surface area contributed by atoms with Gasteiger partial charge in [-0.3, -0.25) is 4.79 Å². The van der Waals surface area contributed by atoms with E-state index < -0.39 is 0 Å². The SMILES string of the molecule is CCCn1c(SCC(=O)Nc2cccnc2Cl)nnc1-c1csc(CC)c1. The summed E-state index contributed by atoms with van der Waals surface area (Å²) in [4.78, 5) is 17.5. The second-order valence-electron chi connectivity index (χ2n) is 5.79. The molecule has 0 bridgehead atoms. The van der Waals surface area contributed by atoms with E-state index in [1.165, 1.54) is 16.6 Å². The first-order chi connectivity index (χ1) is 13.1. The van der Waals surface area contributed by atoms with Crippen molar-refractivity contribution in [3.63, 3.8) is 0 Å². The Kier molecular flexibility index (Phi) is 6.87. The zero-order chi connectivity index (χ0) is 19.2. The monoisotopic (exact) mass is 421 g/mol. The molecule has 1 N–H and O–H groups in total. The van der Waals surface area contributed by atoms with E-state index >= 15 is 0 Å². The number of nitrogens with zero attached hydrogens (tertiary/aromatic N) is 4. The number of amides is 1. The number of aromatic nitrogens is 4. The van der Waals surface area contributed by atoms with Crippen LogP contribution in [0.25, 0.3) is 11.4 Å². The molecule has 9 heteroatoms. The van der Waals surface area contributed by atoms with E-state index in [1.54, 1.807) is 29.7 Å². The Bertz CT molecular complexity index is 924. The summed E-state index contributed by atoms with van der Waals surface area (Å²) in [5.74, 6) is 0.911. The van der Waals surface area contributed by atoms with Crippen LogP contribution in [0.15, 0.2) is 34.9 Å². The van der Waals surface area contributed by atoms with Crippen LogP contribution in [0.4, 0.5) is 5.69 Å². The molecule has 3 heterocycles. The van der Waals surface area contributed by atoms with E-state index in [4.69, 9.17) is 11.6 Å². The van der Waals surface area contributed by atoms with Crippen LogP contribution in [0, 0.1) is 0 Å². The minimum absolute atomic E-state index is 0.161. The maximum absolute atomic E-state index is 12.3. The van der Waals surface area contributed by atoms with Crippen LogP contribution in [-0.2, 0) is 17.8 Å². The molecule has 0 aliphatic rings. The normalized spacial score (nSPS) is 10.9. The van der Waals surface area contributed by atoms with Gasteiger partial charge in [0.1, 0.15) is 0 Å². The molecule has 3 aromatic rings. The van der Waals surface area contributed by atoms with Crippen molar-refractivity contribution in [2.45, 2.75) is 38.4 Å². The third-order valence-corrected chi connectivity index (χ3v) is 6.14. The van der Waals surface area contributed by atoms with Crippen LogP contribution >= 0.6 is 34.7 Å². The molecule has 27 heavy (non-hydrogen) atoms. The summed E-state index contributed by atoms with van der Waals surface area (Å²) < 4.78 is 2.08. The maximum Gasteiger partial charge on any atom is 0.234 e. The molecule has 0 aromatic carbocycles. The molecule has 0 unspecified atom stereocenters. The van der Waals surface area contributed by atoms with Crippen molar-refractivity contribution in [1.82, 2.24) is 19.7 Å². The zero-order valence-electron chi connectivity index (χ0n) is 15.1. The van der Waals surface area contributed by atoms with E-state index in [1.807, 2.05) is 0 Å². The highest BCUT2D eigenvalue weighted by atomic mass is 35.5. The molecule has 0 fully saturated rings. The number of thiophene rings is 1. The summed E-state index contributed by atoms with van der Waals surface area (Å²) in [5.41, 5.74) is 1.59. The fourth-order valence-corrected chi connectivity index (χ4v) is 4.26. The van der Waals surface area contributed by atoms with Crippen LogP contribution in [0.2, 0.25) is 5.15 Å². The van der Waals surface area contributed by atoms with E-state index in [2.05, 4.69) is 50.4 Å². The number of pyridine rings is 1. The first-order valence-electron chi connectivity index (χ1n) is 8.66. The lowest BCUT2D eigenvalue weighted by Crippen LogP contribution is -2.15. The molecule has 0 saturated heterocycles.